The van der Waals surface area contributed by atoms with Crippen LogP contribution < -0.4 is 10.6 Å². The van der Waals surface area contributed by atoms with Gasteiger partial charge in [0.2, 0.25) is 0 Å². The molecule has 0 bridgehead atoms. The van der Waals surface area contributed by atoms with Gasteiger partial charge in [0.15, 0.2) is 10.8 Å². The number of aromatic nitrogens is 1. The summed E-state index contributed by atoms with van der Waals surface area (Å²) < 4.78 is 37.6. The molecule has 2 aromatic rings. The Labute approximate surface area is 151 Å². The molecule has 0 aliphatic carbocycles. The van der Waals surface area contributed by atoms with E-state index in [0.29, 0.717) is 6.54 Å². The molecule has 0 aliphatic heterocycles. The number of nitrogens with one attached hydrogen (secondary N) is 2. The Morgan fingerprint density at radius 1 is 1.32 bits per heavy atom. The lowest BCUT2D eigenvalue weighted by Gasteiger charge is -2.29. The zero-order valence-corrected chi connectivity index (χ0v) is 15.4. The molecule has 0 saturated heterocycles. The van der Waals surface area contributed by atoms with Crippen LogP contribution in [0.4, 0.5) is 23.1 Å². The molecule has 0 radical (unpaired) electrons. The number of hydrogen-bond acceptors (Lipinski definition) is 5. The number of halogens is 3. The van der Waals surface area contributed by atoms with Gasteiger partial charge in [-0.25, -0.2) is 9.78 Å². The van der Waals surface area contributed by atoms with Gasteiger partial charge in [-0.3, -0.25) is 10.2 Å². The number of carbonyl (C=O) groups is 1. The zero-order valence-electron chi connectivity index (χ0n) is 13.8. The third kappa shape index (κ3) is 5.41. The Morgan fingerprint density at radius 2 is 2.04 bits per heavy atom. The van der Waals surface area contributed by atoms with E-state index in [0.717, 1.165) is 35.4 Å². The third-order valence-corrected chi connectivity index (χ3v) is 5.11. The summed E-state index contributed by atoms with van der Waals surface area (Å²) in [6, 6.07) is 1.44. The van der Waals surface area contributed by atoms with Crippen LogP contribution in [0.5, 0.6) is 0 Å². The second-order valence-electron chi connectivity index (χ2n) is 5.16. The number of anilines is 1. The number of carbonyl (C=O) groups excluding carboxylic acids is 1. The van der Waals surface area contributed by atoms with Crippen molar-refractivity contribution in [1.29, 1.82) is 0 Å². The molecule has 5 nitrogen and oxygen atoms in total. The molecule has 2 rings (SSSR count). The number of nitrogens with zero attached hydrogens (tertiary/aromatic N) is 2. The summed E-state index contributed by atoms with van der Waals surface area (Å²) in [4.78, 5) is 17.6. The lowest BCUT2D eigenvalue weighted by Crippen LogP contribution is -2.39. The number of hydrogen-bond donors (Lipinski definition) is 2. The van der Waals surface area contributed by atoms with E-state index < -0.39 is 17.9 Å². The summed E-state index contributed by atoms with van der Waals surface area (Å²) in [5, 5.41) is 9.86. The molecule has 0 fully saturated rings. The molecule has 0 spiro atoms. The summed E-state index contributed by atoms with van der Waals surface area (Å²) in [5.41, 5.74) is 0.0923. The van der Waals surface area contributed by atoms with Crippen molar-refractivity contribution in [3.8, 4) is 0 Å². The molecule has 0 aromatic carbocycles. The van der Waals surface area contributed by atoms with Gasteiger partial charge in [0, 0.05) is 11.9 Å². The average Bonchev–Trinajstić information content (AvgIpc) is 3.22. The number of urea groups is 1. The first-order valence-electron chi connectivity index (χ1n) is 7.68. The molecule has 10 heteroatoms. The predicted octanol–water partition coefficient (Wildman–Crippen LogP) is 4.43. The molecule has 2 aromatic heterocycles. The molecule has 1 unspecified atom stereocenters. The van der Waals surface area contributed by atoms with Gasteiger partial charge in [-0.05, 0) is 35.5 Å². The minimum atomic E-state index is -4.51. The van der Waals surface area contributed by atoms with E-state index in [4.69, 9.17) is 0 Å². The first kappa shape index (κ1) is 19.7. The standard InChI is InChI=1S/C15H19F3N4OS2/c1-3-22(4-2)11(10-5-6-24-8-10)7-19-13(23)21-14-20-12(9-25-14)15(16,17)18/h5-6,8-9,11H,3-4,7H2,1-2H3,(H2,19,20,21,23). The second kappa shape index (κ2) is 8.63. The van der Waals surface area contributed by atoms with Gasteiger partial charge in [-0.1, -0.05) is 13.8 Å². The SMILES string of the molecule is CCN(CC)C(CNC(=O)Nc1nc(C(F)(F)F)cs1)c1ccsc1. The van der Waals surface area contributed by atoms with Crippen LogP contribution in [0.15, 0.2) is 22.2 Å². The first-order chi connectivity index (χ1) is 11.8. The van der Waals surface area contributed by atoms with Gasteiger partial charge in [0.05, 0.1) is 6.04 Å². The summed E-state index contributed by atoms with van der Waals surface area (Å²) in [6.45, 7) is 6.07. The molecule has 0 saturated carbocycles. The van der Waals surface area contributed by atoms with Gasteiger partial charge in [-0.2, -0.15) is 24.5 Å². The third-order valence-electron chi connectivity index (χ3n) is 3.65. The number of rotatable bonds is 7. The summed E-state index contributed by atoms with van der Waals surface area (Å²) >= 11 is 2.32. The van der Waals surface area contributed by atoms with Gasteiger partial charge in [0.1, 0.15) is 0 Å². The summed E-state index contributed by atoms with van der Waals surface area (Å²) in [7, 11) is 0. The fourth-order valence-electron chi connectivity index (χ4n) is 2.38. The molecule has 0 aliphatic rings. The number of alkyl halides is 3. The van der Waals surface area contributed by atoms with Crippen molar-refractivity contribution in [2.24, 2.45) is 0 Å². The average molecular weight is 392 g/mol. The molecule has 2 amide bonds. The molecule has 25 heavy (non-hydrogen) atoms. The highest BCUT2D eigenvalue weighted by Gasteiger charge is 2.34. The van der Waals surface area contributed by atoms with Crippen LogP contribution in [0, 0.1) is 0 Å². The lowest BCUT2D eigenvalue weighted by molar-refractivity contribution is -0.140. The van der Waals surface area contributed by atoms with E-state index in [1.807, 2.05) is 30.7 Å². The molecule has 2 heterocycles. The van der Waals surface area contributed by atoms with Crippen LogP contribution in [0.25, 0.3) is 0 Å². The van der Waals surface area contributed by atoms with Gasteiger partial charge in [0.25, 0.3) is 0 Å². The van der Waals surface area contributed by atoms with Crippen LogP contribution in [-0.4, -0.2) is 35.5 Å². The van der Waals surface area contributed by atoms with Crippen LogP contribution in [0.1, 0.15) is 31.1 Å². The van der Waals surface area contributed by atoms with Gasteiger partial charge in [-0.15, -0.1) is 11.3 Å². The topological polar surface area (TPSA) is 57.3 Å². The van der Waals surface area contributed by atoms with Gasteiger partial charge < -0.3 is 5.32 Å². The maximum atomic E-state index is 12.5. The predicted molar refractivity (Wildman–Crippen MR) is 94.1 cm³/mol. The number of thiophene rings is 1. The number of likely N-dealkylation sites (N-methyl/N-ethyl adjacent to an activating group) is 1. The van der Waals surface area contributed by atoms with Crippen molar-refractivity contribution in [3.05, 3.63) is 33.5 Å². The highest BCUT2D eigenvalue weighted by Crippen LogP contribution is 2.31. The zero-order chi connectivity index (χ0) is 18.4. The minimum absolute atomic E-state index is 0.00836. The van der Waals surface area contributed by atoms with Crippen molar-refractivity contribution in [3.63, 3.8) is 0 Å². The Hall–Kier alpha value is -1.65. The van der Waals surface area contributed by atoms with E-state index in [1.165, 1.54) is 0 Å². The molecule has 138 valence electrons. The highest BCUT2D eigenvalue weighted by atomic mass is 32.1. The van der Waals surface area contributed by atoms with Crippen molar-refractivity contribution in [2.45, 2.75) is 26.1 Å². The molecular weight excluding hydrogens is 373 g/mol. The van der Waals surface area contributed by atoms with Crippen molar-refractivity contribution in [1.82, 2.24) is 15.2 Å². The number of thiazole rings is 1. The fraction of sp³-hybridized carbons (Fsp3) is 0.467. The van der Waals surface area contributed by atoms with Crippen LogP contribution in [-0.2, 0) is 6.18 Å². The highest BCUT2D eigenvalue weighted by molar-refractivity contribution is 7.13. The van der Waals surface area contributed by atoms with Crippen molar-refractivity contribution >= 4 is 33.8 Å². The van der Waals surface area contributed by atoms with Crippen molar-refractivity contribution in [2.75, 3.05) is 25.0 Å². The Balaban J connectivity index is 1.96. The monoisotopic (exact) mass is 392 g/mol. The normalized spacial score (nSPS) is 13.0. The van der Waals surface area contributed by atoms with Gasteiger partial charge >= 0.3 is 12.2 Å². The molecule has 2 N–H and O–H groups in total. The van der Waals surface area contributed by atoms with Crippen LogP contribution >= 0.6 is 22.7 Å². The fourth-order valence-corrected chi connectivity index (χ4v) is 3.80. The summed E-state index contributed by atoms with van der Waals surface area (Å²) in [6.07, 6.45) is -4.51. The minimum Gasteiger partial charge on any atom is -0.336 e. The van der Waals surface area contributed by atoms with E-state index in [9.17, 15) is 18.0 Å². The van der Waals surface area contributed by atoms with Crippen LogP contribution in [0.2, 0.25) is 0 Å². The van der Waals surface area contributed by atoms with Crippen molar-refractivity contribution < 1.29 is 18.0 Å². The number of amides is 2. The Bertz CT molecular complexity index is 669. The second-order valence-corrected chi connectivity index (χ2v) is 6.80. The lowest BCUT2D eigenvalue weighted by atomic mass is 10.1. The Kier molecular flexibility index (Phi) is 6.79. The van der Waals surface area contributed by atoms with Crippen LogP contribution in [0.3, 0.4) is 0 Å². The van der Waals surface area contributed by atoms with E-state index in [2.05, 4.69) is 20.5 Å². The molecular formula is C15H19F3N4OS2. The van der Waals surface area contributed by atoms with E-state index in [1.54, 1.807) is 11.3 Å². The quantitative estimate of drug-likeness (QED) is 0.733. The maximum Gasteiger partial charge on any atom is 0.434 e. The molecule has 1 atom stereocenters. The Morgan fingerprint density at radius 3 is 2.56 bits per heavy atom. The summed E-state index contributed by atoms with van der Waals surface area (Å²) in [5.74, 6) is 0. The first-order valence-corrected chi connectivity index (χ1v) is 9.51. The van der Waals surface area contributed by atoms with E-state index in [-0.39, 0.29) is 11.2 Å². The van der Waals surface area contributed by atoms with E-state index >= 15 is 0 Å². The largest absolute Gasteiger partial charge is 0.434 e. The maximum absolute atomic E-state index is 12.5. The smallest absolute Gasteiger partial charge is 0.336 e.